The van der Waals surface area contributed by atoms with Crippen LogP contribution in [0.5, 0.6) is 0 Å². The van der Waals surface area contributed by atoms with Gasteiger partial charge in [-0.05, 0) is 43.5 Å². The lowest BCUT2D eigenvalue weighted by atomic mass is 9.96. The number of fused-ring (bicyclic) bond motifs is 1. The van der Waals surface area contributed by atoms with Gasteiger partial charge in [-0.2, -0.15) is 0 Å². The number of nitrogens with zero attached hydrogens (tertiary/aromatic N) is 2. The highest BCUT2D eigenvalue weighted by Gasteiger charge is 2.35. The van der Waals surface area contributed by atoms with Gasteiger partial charge in [-0.3, -0.25) is 9.59 Å². The lowest BCUT2D eigenvalue weighted by Gasteiger charge is -2.41. The predicted molar refractivity (Wildman–Crippen MR) is 131 cm³/mol. The third kappa shape index (κ3) is 5.64. The molecule has 7 nitrogen and oxygen atoms in total. The van der Waals surface area contributed by atoms with Gasteiger partial charge in [0.15, 0.2) is 0 Å². The molecule has 0 bridgehead atoms. The monoisotopic (exact) mass is 452 g/mol. The number of piperazine rings is 1. The van der Waals surface area contributed by atoms with Crippen LogP contribution >= 0.6 is 0 Å². The van der Waals surface area contributed by atoms with Crippen molar-refractivity contribution in [2.75, 3.05) is 19.6 Å². The van der Waals surface area contributed by atoms with Crippen molar-refractivity contribution >= 4 is 28.6 Å². The largest absolute Gasteiger partial charge is 0.340 e. The summed E-state index contributed by atoms with van der Waals surface area (Å²) in [4.78, 5) is 42.8. The third-order valence-corrected chi connectivity index (χ3v) is 6.41. The van der Waals surface area contributed by atoms with Gasteiger partial charge in [0.2, 0.25) is 5.91 Å². The summed E-state index contributed by atoms with van der Waals surface area (Å²) in [6.07, 6.45) is 0.762. The summed E-state index contributed by atoms with van der Waals surface area (Å²) >= 11 is 0. The van der Waals surface area contributed by atoms with E-state index in [0.29, 0.717) is 25.2 Å². The maximum Gasteiger partial charge on any atom is 0.317 e. The molecule has 1 aliphatic heterocycles. The Labute approximate surface area is 196 Å². The van der Waals surface area contributed by atoms with E-state index in [-0.39, 0.29) is 35.8 Å². The molecular formula is C26H36N4O3. The van der Waals surface area contributed by atoms with E-state index < -0.39 is 6.04 Å². The van der Waals surface area contributed by atoms with Gasteiger partial charge in [0.25, 0.3) is 5.91 Å². The molecule has 1 heterocycles. The van der Waals surface area contributed by atoms with E-state index >= 15 is 0 Å². The first-order valence-electron chi connectivity index (χ1n) is 11.9. The van der Waals surface area contributed by atoms with E-state index in [9.17, 15) is 14.4 Å². The van der Waals surface area contributed by atoms with E-state index in [1.165, 1.54) is 0 Å². The molecule has 1 fully saturated rings. The van der Waals surface area contributed by atoms with Gasteiger partial charge < -0.3 is 20.4 Å². The minimum atomic E-state index is -0.621. The molecule has 7 heteroatoms. The van der Waals surface area contributed by atoms with Crippen molar-refractivity contribution in [3.63, 3.8) is 0 Å². The first-order chi connectivity index (χ1) is 15.7. The van der Waals surface area contributed by atoms with Crippen LogP contribution in [-0.2, 0) is 4.79 Å². The molecule has 2 aromatic rings. The fourth-order valence-electron chi connectivity index (χ4n) is 4.31. The first kappa shape index (κ1) is 24.6. The number of benzene rings is 2. The number of hydrogen-bond acceptors (Lipinski definition) is 3. The second kappa shape index (κ2) is 10.7. The van der Waals surface area contributed by atoms with E-state index in [1.54, 1.807) is 15.9 Å². The maximum atomic E-state index is 13.5. The smallest absolute Gasteiger partial charge is 0.317 e. The molecule has 0 aromatic heterocycles. The van der Waals surface area contributed by atoms with Crippen molar-refractivity contribution in [1.82, 2.24) is 20.4 Å². The molecule has 0 saturated carbocycles. The summed E-state index contributed by atoms with van der Waals surface area (Å²) in [6, 6.07) is 12.6. The van der Waals surface area contributed by atoms with Crippen LogP contribution in [0.15, 0.2) is 42.5 Å². The third-order valence-electron chi connectivity index (χ3n) is 6.41. The van der Waals surface area contributed by atoms with Crippen molar-refractivity contribution in [3.8, 4) is 0 Å². The summed E-state index contributed by atoms with van der Waals surface area (Å²) in [6.45, 7) is 11.2. The number of carbonyl (C=O) groups is 3. The molecule has 33 heavy (non-hydrogen) atoms. The quantitative estimate of drug-likeness (QED) is 0.702. The fraction of sp³-hybridized carbons (Fsp3) is 0.500. The summed E-state index contributed by atoms with van der Waals surface area (Å²) in [7, 11) is 0. The average molecular weight is 453 g/mol. The normalized spacial score (nSPS) is 18.2. The maximum absolute atomic E-state index is 13.5. The Hall–Kier alpha value is -3.09. The second-order valence-electron chi connectivity index (χ2n) is 9.29. The van der Waals surface area contributed by atoms with Crippen molar-refractivity contribution in [1.29, 1.82) is 0 Å². The molecule has 178 valence electrons. The van der Waals surface area contributed by atoms with Crippen molar-refractivity contribution in [2.24, 2.45) is 5.92 Å². The van der Waals surface area contributed by atoms with Gasteiger partial charge in [-0.25, -0.2) is 4.79 Å². The van der Waals surface area contributed by atoms with Gasteiger partial charge in [0.05, 0.1) is 0 Å². The molecule has 4 amide bonds. The average Bonchev–Trinajstić information content (AvgIpc) is 2.80. The van der Waals surface area contributed by atoms with E-state index in [1.807, 2.05) is 71.0 Å². The summed E-state index contributed by atoms with van der Waals surface area (Å²) in [5.41, 5.74) is 0.567. The van der Waals surface area contributed by atoms with Gasteiger partial charge in [0.1, 0.15) is 6.04 Å². The van der Waals surface area contributed by atoms with Gasteiger partial charge in [0, 0.05) is 37.3 Å². The van der Waals surface area contributed by atoms with Gasteiger partial charge in [-0.1, -0.05) is 56.7 Å². The fourth-order valence-corrected chi connectivity index (χ4v) is 4.31. The molecule has 3 unspecified atom stereocenters. The van der Waals surface area contributed by atoms with Crippen LogP contribution < -0.4 is 10.6 Å². The molecule has 2 aromatic carbocycles. The SMILES string of the molecule is CCC(C)C(NC(=O)c1cccc2ccccc12)C(=O)N1CCN(C(=O)NC(C)C)C(C)C1. The Morgan fingerprint density at radius 3 is 2.36 bits per heavy atom. The molecule has 0 radical (unpaired) electrons. The first-order valence-corrected chi connectivity index (χ1v) is 11.9. The predicted octanol–water partition coefficient (Wildman–Crippen LogP) is 3.64. The Balaban J connectivity index is 1.74. The molecule has 0 spiro atoms. The Kier molecular flexibility index (Phi) is 7.95. The standard InChI is InChI=1S/C26H36N4O3/c1-6-18(4)23(28-24(31)22-13-9-11-20-10-7-8-12-21(20)22)25(32)29-14-15-30(19(5)16-29)26(33)27-17(2)3/h7-13,17-19,23H,6,14-16H2,1-5H3,(H,27,33)(H,28,31). The Bertz CT molecular complexity index is 1000. The summed E-state index contributed by atoms with van der Waals surface area (Å²) < 4.78 is 0. The topological polar surface area (TPSA) is 81.8 Å². The molecular weight excluding hydrogens is 416 g/mol. The van der Waals surface area contributed by atoms with Crippen LogP contribution in [0.25, 0.3) is 10.8 Å². The Morgan fingerprint density at radius 2 is 1.70 bits per heavy atom. The highest BCUT2D eigenvalue weighted by Crippen LogP contribution is 2.20. The summed E-state index contributed by atoms with van der Waals surface area (Å²) in [5, 5.41) is 7.80. The zero-order chi connectivity index (χ0) is 24.1. The minimum Gasteiger partial charge on any atom is -0.340 e. The van der Waals surface area contributed by atoms with Crippen molar-refractivity contribution in [3.05, 3.63) is 48.0 Å². The van der Waals surface area contributed by atoms with Crippen molar-refractivity contribution < 1.29 is 14.4 Å². The lowest BCUT2D eigenvalue weighted by Crippen LogP contribution is -2.61. The van der Waals surface area contributed by atoms with E-state index in [0.717, 1.165) is 17.2 Å². The Morgan fingerprint density at radius 1 is 1.00 bits per heavy atom. The zero-order valence-electron chi connectivity index (χ0n) is 20.3. The molecule has 3 rings (SSSR count). The van der Waals surface area contributed by atoms with Crippen molar-refractivity contribution in [2.45, 2.75) is 59.2 Å². The number of rotatable bonds is 6. The summed E-state index contributed by atoms with van der Waals surface area (Å²) in [5.74, 6) is -0.351. The molecule has 1 aliphatic rings. The van der Waals surface area contributed by atoms with E-state index in [2.05, 4.69) is 10.6 Å². The highest BCUT2D eigenvalue weighted by molar-refractivity contribution is 6.08. The van der Waals surface area contributed by atoms with Crippen LogP contribution in [0.4, 0.5) is 4.79 Å². The van der Waals surface area contributed by atoms with Crippen LogP contribution in [0.3, 0.4) is 0 Å². The second-order valence-corrected chi connectivity index (χ2v) is 9.29. The molecule has 0 aliphatic carbocycles. The minimum absolute atomic E-state index is 0.0194. The van der Waals surface area contributed by atoms with E-state index in [4.69, 9.17) is 0 Å². The number of amides is 4. The van der Waals surface area contributed by atoms with Crippen LogP contribution in [0, 0.1) is 5.92 Å². The molecule has 3 atom stereocenters. The number of urea groups is 1. The van der Waals surface area contributed by atoms with Crippen LogP contribution in [0.1, 0.15) is 51.4 Å². The van der Waals surface area contributed by atoms with Gasteiger partial charge >= 0.3 is 6.03 Å². The molecule has 2 N–H and O–H groups in total. The molecule has 1 saturated heterocycles. The number of carbonyl (C=O) groups excluding carboxylic acids is 3. The zero-order valence-corrected chi connectivity index (χ0v) is 20.3. The number of hydrogen-bond donors (Lipinski definition) is 2. The highest BCUT2D eigenvalue weighted by atomic mass is 16.2. The van der Waals surface area contributed by atoms with Crippen LogP contribution in [0.2, 0.25) is 0 Å². The lowest BCUT2D eigenvalue weighted by molar-refractivity contribution is -0.136. The van der Waals surface area contributed by atoms with Crippen LogP contribution in [-0.4, -0.2) is 65.4 Å². The number of nitrogens with one attached hydrogen (secondary N) is 2. The van der Waals surface area contributed by atoms with Gasteiger partial charge in [-0.15, -0.1) is 0 Å².